The summed E-state index contributed by atoms with van der Waals surface area (Å²) >= 11 is 3.35. The maximum absolute atomic E-state index is 12.0. The van der Waals surface area contributed by atoms with E-state index >= 15 is 0 Å². The molecule has 0 bridgehead atoms. The zero-order valence-corrected chi connectivity index (χ0v) is 11.4. The van der Waals surface area contributed by atoms with Crippen LogP contribution in [0.1, 0.15) is 24.8 Å². The van der Waals surface area contributed by atoms with E-state index in [-0.39, 0.29) is 11.9 Å². The van der Waals surface area contributed by atoms with Gasteiger partial charge < -0.3 is 10.6 Å². The second-order valence-corrected chi connectivity index (χ2v) is 5.23. The standard InChI is InChI=1S/C12H16BrN3O/c1-8-6-9(13)7-15-11(8)16-12(17)10-4-2-3-5-14-10/h6-7,10,14H,2-5H2,1H3,(H,15,16,17)/t10-/m1/s1. The molecule has 0 spiro atoms. The molecule has 1 amide bonds. The van der Waals surface area contributed by atoms with Crippen LogP contribution < -0.4 is 10.6 Å². The topological polar surface area (TPSA) is 54.0 Å². The summed E-state index contributed by atoms with van der Waals surface area (Å²) in [6.07, 6.45) is 4.86. The zero-order valence-electron chi connectivity index (χ0n) is 9.79. The van der Waals surface area contributed by atoms with Crippen molar-refractivity contribution in [1.29, 1.82) is 0 Å². The maximum atomic E-state index is 12.0. The lowest BCUT2D eigenvalue weighted by Crippen LogP contribution is -2.43. The van der Waals surface area contributed by atoms with Crippen molar-refractivity contribution in [3.05, 3.63) is 22.3 Å². The Morgan fingerprint density at radius 1 is 1.59 bits per heavy atom. The van der Waals surface area contributed by atoms with Crippen LogP contribution in [0.5, 0.6) is 0 Å². The molecule has 4 nitrogen and oxygen atoms in total. The molecule has 17 heavy (non-hydrogen) atoms. The van der Waals surface area contributed by atoms with Crippen LogP contribution in [0.15, 0.2) is 16.7 Å². The van der Waals surface area contributed by atoms with E-state index in [9.17, 15) is 4.79 Å². The van der Waals surface area contributed by atoms with Crippen molar-refractivity contribution in [3.63, 3.8) is 0 Å². The van der Waals surface area contributed by atoms with Gasteiger partial charge in [-0.15, -0.1) is 0 Å². The number of aromatic nitrogens is 1. The third-order valence-electron chi connectivity index (χ3n) is 2.91. The van der Waals surface area contributed by atoms with Crippen molar-refractivity contribution in [2.45, 2.75) is 32.2 Å². The van der Waals surface area contributed by atoms with Crippen LogP contribution >= 0.6 is 15.9 Å². The summed E-state index contributed by atoms with van der Waals surface area (Å²) in [5.41, 5.74) is 0.962. The number of hydrogen-bond donors (Lipinski definition) is 2. The molecule has 2 heterocycles. The van der Waals surface area contributed by atoms with Gasteiger partial charge in [0.2, 0.25) is 5.91 Å². The van der Waals surface area contributed by atoms with Crippen LogP contribution in [-0.2, 0) is 4.79 Å². The molecule has 1 aliphatic rings. The van der Waals surface area contributed by atoms with E-state index in [0.717, 1.165) is 35.8 Å². The van der Waals surface area contributed by atoms with Crippen LogP contribution in [0, 0.1) is 6.92 Å². The highest BCUT2D eigenvalue weighted by atomic mass is 79.9. The zero-order chi connectivity index (χ0) is 12.3. The molecule has 2 N–H and O–H groups in total. The van der Waals surface area contributed by atoms with Crippen LogP contribution in [-0.4, -0.2) is 23.5 Å². The highest BCUT2D eigenvalue weighted by Crippen LogP contribution is 2.17. The molecule has 1 atom stereocenters. The number of piperidine rings is 1. The SMILES string of the molecule is Cc1cc(Br)cnc1NC(=O)[C@H]1CCCCN1. The smallest absolute Gasteiger partial charge is 0.242 e. The molecule has 1 saturated heterocycles. The third kappa shape index (κ3) is 3.26. The number of aryl methyl sites for hydroxylation is 1. The second kappa shape index (κ2) is 5.60. The monoisotopic (exact) mass is 297 g/mol. The molecule has 0 unspecified atom stereocenters. The summed E-state index contributed by atoms with van der Waals surface area (Å²) in [6.45, 7) is 2.85. The minimum absolute atomic E-state index is 0.0163. The number of carbonyl (C=O) groups is 1. The number of pyridine rings is 1. The number of anilines is 1. The molecule has 1 aromatic rings. The lowest BCUT2D eigenvalue weighted by atomic mass is 10.0. The van der Waals surface area contributed by atoms with Crippen molar-refractivity contribution >= 4 is 27.7 Å². The average Bonchev–Trinajstić information content (AvgIpc) is 2.34. The fourth-order valence-corrected chi connectivity index (χ4v) is 2.40. The summed E-state index contributed by atoms with van der Waals surface area (Å²) < 4.78 is 0.920. The highest BCUT2D eigenvalue weighted by Gasteiger charge is 2.21. The van der Waals surface area contributed by atoms with E-state index < -0.39 is 0 Å². The van der Waals surface area contributed by atoms with Gasteiger partial charge in [0.05, 0.1) is 6.04 Å². The predicted molar refractivity (Wildman–Crippen MR) is 70.9 cm³/mol. The Hall–Kier alpha value is -0.940. The summed E-state index contributed by atoms with van der Waals surface area (Å²) in [4.78, 5) is 16.2. The van der Waals surface area contributed by atoms with Gasteiger partial charge in [0, 0.05) is 10.7 Å². The average molecular weight is 298 g/mol. The van der Waals surface area contributed by atoms with Gasteiger partial charge in [-0.25, -0.2) is 4.98 Å². The molecule has 0 saturated carbocycles. The van der Waals surface area contributed by atoms with E-state index in [2.05, 4.69) is 31.5 Å². The largest absolute Gasteiger partial charge is 0.309 e. The molecule has 5 heteroatoms. The summed E-state index contributed by atoms with van der Waals surface area (Å²) in [5, 5.41) is 6.09. The van der Waals surface area contributed by atoms with Crippen LogP contribution in [0.3, 0.4) is 0 Å². The number of rotatable bonds is 2. The molecule has 1 aliphatic heterocycles. The molecule has 0 aromatic carbocycles. The van der Waals surface area contributed by atoms with E-state index in [1.807, 2.05) is 13.0 Å². The van der Waals surface area contributed by atoms with Crippen LogP contribution in [0.25, 0.3) is 0 Å². The van der Waals surface area contributed by atoms with Crippen molar-refractivity contribution in [1.82, 2.24) is 10.3 Å². The molecule has 0 radical (unpaired) electrons. The summed E-state index contributed by atoms with van der Waals surface area (Å²) in [5.74, 6) is 0.660. The molecular weight excluding hydrogens is 282 g/mol. The lowest BCUT2D eigenvalue weighted by Gasteiger charge is -2.22. The number of carbonyl (C=O) groups excluding carboxylic acids is 1. The second-order valence-electron chi connectivity index (χ2n) is 4.31. The summed E-state index contributed by atoms with van der Waals surface area (Å²) in [6, 6.07) is 1.87. The maximum Gasteiger partial charge on any atom is 0.242 e. The van der Waals surface area contributed by atoms with E-state index in [1.165, 1.54) is 0 Å². The van der Waals surface area contributed by atoms with Gasteiger partial charge in [-0.2, -0.15) is 0 Å². The highest BCUT2D eigenvalue weighted by molar-refractivity contribution is 9.10. The van der Waals surface area contributed by atoms with Crippen molar-refractivity contribution in [2.24, 2.45) is 0 Å². The fraction of sp³-hybridized carbons (Fsp3) is 0.500. The molecule has 2 rings (SSSR count). The third-order valence-corrected chi connectivity index (χ3v) is 3.35. The minimum atomic E-state index is -0.0754. The molecule has 1 fully saturated rings. The number of nitrogens with one attached hydrogen (secondary N) is 2. The van der Waals surface area contributed by atoms with Crippen LogP contribution in [0.2, 0.25) is 0 Å². The van der Waals surface area contributed by atoms with Crippen molar-refractivity contribution < 1.29 is 4.79 Å². The lowest BCUT2D eigenvalue weighted by molar-refractivity contribution is -0.118. The van der Waals surface area contributed by atoms with Crippen LogP contribution in [0.4, 0.5) is 5.82 Å². The van der Waals surface area contributed by atoms with Gasteiger partial charge in [-0.1, -0.05) is 6.42 Å². The first-order valence-corrected chi connectivity index (χ1v) is 6.62. The van der Waals surface area contributed by atoms with E-state index in [1.54, 1.807) is 6.20 Å². The fourth-order valence-electron chi connectivity index (χ4n) is 1.95. The Bertz CT molecular complexity index is 416. The first kappa shape index (κ1) is 12.5. The molecule has 1 aromatic heterocycles. The van der Waals surface area contributed by atoms with Gasteiger partial charge in [0.15, 0.2) is 0 Å². The van der Waals surface area contributed by atoms with Gasteiger partial charge in [-0.3, -0.25) is 4.79 Å². The molecular formula is C12H16BrN3O. The number of amides is 1. The quantitative estimate of drug-likeness (QED) is 0.880. The normalized spacial score (nSPS) is 20.0. The Labute approximate surface area is 109 Å². The molecule has 92 valence electrons. The Morgan fingerprint density at radius 2 is 2.41 bits per heavy atom. The first-order valence-electron chi connectivity index (χ1n) is 5.83. The predicted octanol–water partition coefficient (Wildman–Crippen LogP) is 2.23. The van der Waals surface area contributed by atoms with E-state index in [4.69, 9.17) is 0 Å². The van der Waals surface area contributed by atoms with Gasteiger partial charge >= 0.3 is 0 Å². The number of nitrogens with zero attached hydrogens (tertiary/aromatic N) is 1. The Kier molecular flexibility index (Phi) is 4.12. The number of hydrogen-bond acceptors (Lipinski definition) is 3. The number of halogens is 1. The Balaban J connectivity index is 2.02. The van der Waals surface area contributed by atoms with Gasteiger partial charge in [-0.05, 0) is 53.9 Å². The Morgan fingerprint density at radius 3 is 3.06 bits per heavy atom. The van der Waals surface area contributed by atoms with Gasteiger partial charge in [0.25, 0.3) is 0 Å². The first-order chi connectivity index (χ1) is 8.16. The summed E-state index contributed by atoms with van der Waals surface area (Å²) in [7, 11) is 0. The minimum Gasteiger partial charge on any atom is -0.309 e. The van der Waals surface area contributed by atoms with Gasteiger partial charge in [0.1, 0.15) is 5.82 Å². The van der Waals surface area contributed by atoms with Crippen molar-refractivity contribution in [2.75, 3.05) is 11.9 Å². The van der Waals surface area contributed by atoms with E-state index in [0.29, 0.717) is 5.82 Å². The molecule has 0 aliphatic carbocycles. The van der Waals surface area contributed by atoms with Crippen molar-refractivity contribution in [3.8, 4) is 0 Å².